The Morgan fingerprint density at radius 1 is 1.13 bits per heavy atom. The minimum Gasteiger partial charge on any atom is -0.452 e. The molecule has 0 bridgehead atoms. The Kier molecular flexibility index (Phi) is 5.97. The molecule has 1 amide bonds. The number of benzene rings is 2. The Morgan fingerprint density at radius 3 is 2.43 bits per heavy atom. The Morgan fingerprint density at radius 2 is 1.83 bits per heavy atom. The van der Waals surface area contributed by atoms with Crippen molar-refractivity contribution in [2.45, 2.75) is 0 Å². The third-order valence-electron chi connectivity index (χ3n) is 3.06. The van der Waals surface area contributed by atoms with Crippen molar-refractivity contribution in [3.05, 3.63) is 57.7 Å². The first kappa shape index (κ1) is 17.3. The van der Waals surface area contributed by atoms with Gasteiger partial charge >= 0.3 is 5.97 Å². The predicted molar refractivity (Wildman–Crippen MR) is 98.8 cm³/mol. The molecule has 0 aliphatic heterocycles. The number of esters is 1. The number of rotatable bonds is 5. The van der Waals surface area contributed by atoms with Gasteiger partial charge in [-0.1, -0.05) is 6.07 Å². The molecule has 0 fully saturated rings. The van der Waals surface area contributed by atoms with Crippen molar-refractivity contribution in [2.75, 3.05) is 30.9 Å². The first-order chi connectivity index (χ1) is 11.0. The molecule has 0 aliphatic rings. The molecular formula is C17H17IN2O3. The van der Waals surface area contributed by atoms with Gasteiger partial charge in [0, 0.05) is 29.0 Å². The van der Waals surface area contributed by atoms with Crippen LogP contribution in [0.5, 0.6) is 0 Å². The van der Waals surface area contributed by atoms with E-state index in [1.165, 1.54) is 0 Å². The largest absolute Gasteiger partial charge is 0.452 e. The topological polar surface area (TPSA) is 58.6 Å². The van der Waals surface area contributed by atoms with Gasteiger partial charge in [0.25, 0.3) is 5.91 Å². The Bertz CT molecular complexity index is 699. The second kappa shape index (κ2) is 7.96. The zero-order chi connectivity index (χ0) is 16.8. The van der Waals surface area contributed by atoms with Crippen molar-refractivity contribution in [2.24, 2.45) is 0 Å². The van der Waals surface area contributed by atoms with E-state index in [4.69, 9.17) is 4.74 Å². The van der Waals surface area contributed by atoms with E-state index < -0.39 is 5.97 Å². The normalized spacial score (nSPS) is 10.0. The van der Waals surface area contributed by atoms with Crippen LogP contribution in [-0.2, 0) is 9.53 Å². The van der Waals surface area contributed by atoms with Crippen LogP contribution in [0.25, 0.3) is 0 Å². The lowest BCUT2D eigenvalue weighted by atomic mass is 10.2. The quantitative estimate of drug-likeness (QED) is 0.592. The van der Waals surface area contributed by atoms with Gasteiger partial charge in [0.05, 0.1) is 5.56 Å². The number of hydrogen-bond acceptors (Lipinski definition) is 4. The second-order valence-electron chi connectivity index (χ2n) is 5.08. The summed E-state index contributed by atoms with van der Waals surface area (Å²) in [5.74, 6) is -0.890. The summed E-state index contributed by atoms with van der Waals surface area (Å²) in [7, 11) is 3.84. The van der Waals surface area contributed by atoms with Crippen LogP contribution in [0.3, 0.4) is 0 Å². The van der Waals surface area contributed by atoms with Crippen molar-refractivity contribution in [3.8, 4) is 0 Å². The van der Waals surface area contributed by atoms with Gasteiger partial charge in [-0.2, -0.15) is 0 Å². The molecule has 0 aromatic heterocycles. The fourth-order valence-electron chi connectivity index (χ4n) is 1.87. The van der Waals surface area contributed by atoms with Gasteiger partial charge in [-0.25, -0.2) is 4.79 Å². The van der Waals surface area contributed by atoms with Gasteiger partial charge in [-0.3, -0.25) is 4.79 Å². The summed E-state index contributed by atoms with van der Waals surface area (Å²) in [6.07, 6.45) is 0. The maximum atomic E-state index is 11.9. The summed E-state index contributed by atoms with van der Waals surface area (Å²) in [6.45, 7) is -0.320. The number of nitrogens with one attached hydrogen (secondary N) is 1. The Hall–Kier alpha value is -2.09. The van der Waals surface area contributed by atoms with Crippen molar-refractivity contribution in [3.63, 3.8) is 0 Å². The first-order valence-electron chi connectivity index (χ1n) is 6.95. The highest BCUT2D eigenvalue weighted by molar-refractivity contribution is 14.1. The summed E-state index contributed by atoms with van der Waals surface area (Å²) in [6, 6.07) is 14.4. The molecule has 1 N–H and O–H groups in total. The van der Waals surface area contributed by atoms with Crippen LogP contribution in [0.4, 0.5) is 11.4 Å². The summed E-state index contributed by atoms with van der Waals surface area (Å²) in [5, 5.41) is 2.69. The van der Waals surface area contributed by atoms with Gasteiger partial charge in [-0.05, 0) is 65.1 Å². The molecule has 6 heteroatoms. The molecule has 0 radical (unpaired) electrons. The molecule has 0 saturated carbocycles. The minimum absolute atomic E-state index is 0.320. The van der Waals surface area contributed by atoms with E-state index in [1.54, 1.807) is 18.2 Å². The molecule has 2 aromatic carbocycles. The van der Waals surface area contributed by atoms with E-state index in [0.717, 1.165) is 9.26 Å². The van der Waals surface area contributed by atoms with Crippen molar-refractivity contribution < 1.29 is 14.3 Å². The van der Waals surface area contributed by atoms with Crippen LogP contribution in [0, 0.1) is 3.57 Å². The molecule has 0 heterocycles. The van der Waals surface area contributed by atoms with Crippen LogP contribution in [0.2, 0.25) is 0 Å². The number of amides is 1. The van der Waals surface area contributed by atoms with E-state index in [2.05, 4.69) is 27.9 Å². The van der Waals surface area contributed by atoms with Crippen LogP contribution >= 0.6 is 22.6 Å². The zero-order valence-corrected chi connectivity index (χ0v) is 15.0. The second-order valence-corrected chi connectivity index (χ2v) is 6.32. The van der Waals surface area contributed by atoms with Gasteiger partial charge in [0.15, 0.2) is 6.61 Å². The molecule has 2 rings (SSSR count). The van der Waals surface area contributed by atoms with Crippen molar-refractivity contribution in [1.82, 2.24) is 0 Å². The third-order valence-corrected chi connectivity index (χ3v) is 3.73. The number of carbonyl (C=O) groups excluding carboxylic acids is 2. The minimum atomic E-state index is -0.520. The number of halogens is 1. The number of anilines is 2. The maximum absolute atomic E-state index is 11.9. The molecule has 2 aromatic rings. The standard InChI is InChI=1S/C17H17IN2O3/c1-20(2)15-8-6-12(7-9-15)17(22)23-11-16(21)19-14-5-3-4-13(18)10-14/h3-10H,11H2,1-2H3,(H,19,21). The van der Waals surface area contributed by atoms with E-state index >= 15 is 0 Å². The summed E-state index contributed by atoms with van der Waals surface area (Å²) in [4.78, 5) is 25.7. The molecule has 0 atom stereocenters. The van der Waals surface area contributed by atoms with Gasteiger partial charge in [0.2, 0.25) is 0 Å². The Labute approximate surface area is 148 Å². The highest BCUT2D eigenvalue weighted by Crippen LogP contribution is 2.14. The average molecular weight is 424 g/mol. The molecule has 0 aliphatic carbocycles. The van der Waals surface area contributed by atoms with E-state index in [1.807, 2.05) is 49.3 Å². The van der Waals surface area contributed by atoms with Crippen LogP contribution in [-0.4, -0.2) is 32.6 Å². The SMILES string of the molecule is CN(C)c1ccc(C(=O)OCC(=O)Nc2cccc(I)c2)cc1. The van der Waals surface area contributed by atoms with E-state index in [-0.39, 0.29) is 12.5 Å². The average Bonchev–Trinajstić information content (AvgIpc) is 2.52. The molecular weight excluding hydrogens is 407 g/mol. The number of nitrogens with zero attached hydrogens (tertiary/aromatic N) is 1. The van der Waals surface area contributed by atoms with Crippen LogP contribution < -0.4 is 10.2 Å². The summed E-state index contributed by atoms with van der Waals surface area (Å²) >= 11 is 2.16. The number of ether oxygens (including phenoxy) is 1. The van der Waals surface area contributed by atoms with Gasteiger partial charge in [0.1, 0.15) is 0 Å². The smallest absolute Gasteiger partial charge is 0.338 e. The fourth-order valence-corrected chi connectivity index (χ4v) is 2.42. The molecule has 0 spiro atoms. The number of carbonyl (C=O) groups is 2. The van der Waals surface area contributed by atoms with E-state index in [9.17, 15) is 9.59 Å². The molecule has 23 heavy (non-hydrogen) atoms. The van der Waals surface area contributed by atoms with Crippen LogP contribution in [0.15, 0.2) is 48.5 Å². The fraction of sp³-hybridized carbons (Fsp3) is 0.176. The highest BCUT2D eigenvalue weighted by atomic mass is 127. The molecule has 120 valence electrons. The van der Waals surface area contributed by atoms with Gasteiger partial charge in [-0.15, -0.1) is 0 Å². The monoisotopic (exact) mass is 424 g/mol. The lowest BCUT2D eigenvalue weighted by molar-refractivity contribution is -0.119. The predicted octanol–water partition coefficient (Wildman–Crippen LogP) is 3.15. The zero-order valence-electron chi connectivity index (χ0n) is 12.9. The maximum Gasteiger partial charge on any atom is 0.338 e. The van der Waals surface area contributed by atoms with E-state index in [0.29, 0.717) is 11.3 Å². The summed E-state index contributed by atoms with van der Waals surface area (Å²) in [5.41, 5.74) is 2.07. The highest BCUT2D eigenvalue weighted by Gasteiger charge is 2.10. The third kappa shape index (κ3) is 5.24. The summed E-state index contributed by atoms with van der Waals surface area (Å²) < 4.78 is 6.04. The van der Waals surface area contributed by atoms with Crippen molar-refractivity contribution >= 4 is 45.8 Å². The van der Waals surface area contributed by atoms with Crippen molar-refractivity contribution in [1.29, 1.82) is 0 Å². The van der Waals surface area contributed by atoms with Crippen LogP contribution in [0.1, 0.15) is 10.4 Å². The lowest BCUT2D eigenvalue weighted by Gasteiger charge is -2.12. The molecule has 5 nitrogen and oxygen atoms in total. The molecule has 0 saturated heterocycles. The molecule has 0 unspecified atom stereocenters. The van der Waals surface area contributed by atoms with Gasteiger partial charge < -0.3 is 15.0 Å². The lowest BCUT2D eigenvalue weighted by Crippen LogP contribution is -2.21. The number of hydrogen-bond donors (Lipinski definition) is 1. The first-order valence-corrected chi connectivity index (χ1v) is 8.03. The Balaban J connectivity index is 1.87.